The molecule has 6 nitrogen and oxygen atoms in total. The lowest BCUT2D eigenvalue weighted by Gasteiger charge is -2.13. The maximum absolute atomic E-state index is 11.3. The Morgan fingerprint density at radius 1 is 1.27 bits per heavy atom. The molecule has 6 heteroatoms. The van der Waals surface area contributed by atoms with Gasteiger partial charge in [-0.2, -0.15) is 0 Å². The average Bonchev–Trinajstić information content (AvgIpc) is 3.17. The van der Waals surface area contributed by atoms with E-state index in [9.17, 15) is 9.90 Å². The Balaban J connectivity index is 1.68. The Kier molecular flexibility index (Phi) is 5.34. The number of carboxylic acids is 1. The summed E-state index contributed by atoms with van der Waals surface area (Å²) in [4.78, 5) is 19.1. The van der Waals surface area contributed by atoms with E-state index in [1.54, 1.807) is 12.1 Å². The number of imidazole rings is 1. The molecule has 0 aliphatic heterocycles. The van der Waals surface area contributed by atoms with Crippen molar-refractivity contribution in [2.75, 3.05) is 7.11 Å². The number of carboxylic acid groups (broad SMARTS) is 1. The van der Waals surface area contributed by atoms with Crippen molar-refractivity contribution in [1.82, 2.24) is 15.3 Å². The maximum atomic E-state index is 11.3. The van der Waals surface area contributed by atoms with E-state index in [1.807, 2.05) is 49.5 Å². The van der Waals surface area contributed by atoms with E-state index in [0.717, 1.165) is 22.6 Å². The number of carbonyl (C=O) groups is 1. The number of nitrogens with one attached hydrogen (secondary N) is 2. The van der Waals surface area contributed by atoms with E-state index in [1.165, 1.54) is 7.11 Å². The van der Waals surface area contributed by atoms with Crippen molar-refractivity contribution >= 4 is 5.97 Å². The Labute approximate surface area is 151 Å². The minimum atomic E-state index is -1.00. The van der Waals surface area contributed by atoms with Gasteiger partial charge in [-0.1, -0.05) is 36.4 Å². The van der Waals surface area contributed by atoms with Crippen LogP contribution < -0.4 is 10.1 Å². The summed E-state index contributed by atoms with van der Waals surface area (Å²) >= 11 is 0. The standard InChI is InChI=1S/C20H21N3O3/c1-13(19-22-12-17(23-19)15-6-4-3-5-7-15)21-11-14-8-9-18(26-2)16(10-14)20(24)25/h3-10,12-13,21H,11H2,1-2H3,(H,22,23)(H,24,25). The maximum Gasteiger partial charge on any atom is 0.339 e. The van der Waals surface area contributed by atoms with Crippen molar-refractivity contribution in [3.05, 3.63) is 71.7 Å². The van der Waals surface area contributed by atoms with Gasteiger partial charge in [0.15, 0.2) is 0 Å². The van der Waals surface area contributed by atoms with Crippen LogP contribution in [0.1, 0.15) is 34.7 Å². The van der Waals surface area contributed by atoms with Crippen LogP contribution in [0.4, 0.5) is 0 Å². The largest absolute Gasteiger partial charge is 0.496 e. The molecule has 0 fully saturated rings. The predicted octanol–water partition coefficient (Wildman–Crippen LogP) is 3.63. The SMILES string of the molecule is COc1ccc(CNC(C)c2ncc(-c3ccccc3)[nH]2)cc1C(=O)O. The lowest BCUT2D eigenvalue weighted by Crippen LogP contribution is -2.19. The summed E-state index contributed by atoms with van der Waals surface area (Å²) < 4.78 is 5.09. The lowest BCUT2D eigenvalue weighted by molar-refractivity contribution is 0.0693. The molecular formula is C20H21N3O3. The van der Waals surface area contributed by atoms with Gasteiger partial charge in [0, 0.05) is 6.54 Å². The summed E-state index contributed by atoms with van der Waals surface area (Å²) in [6, 6.07) is 15.1. The van der Waals surface area contributed by atoms with Crippen LogP contribution in [0.15, 0.2) is 54.7 Å². The number of methoxy groups -OCH3 is 1. The number of aromatic nitrogens is 2. The number of ether oxygens (including phenoxy) is 1. The number of hydrogen-bond donors (Lipinski definition) is 3. The predicted molar refractivity (Wildman–Crippen MR) is 99.2 cm³/mol. The number of benzene rings is 2. The van der Waals surface area contributed by atoms with E-state index in [2.05, 4.69) is 15.3 Å². The quantitative estimate of drug-likeness (QED) is 0.605. The Morgan fingerprint density at radius 3 is 2.73 bits per heavy atom. The molecule has 0 saturated heterocycles. The van der Waals surface area contributed by atoms with Crippen LogP contribution in [0.25, 0.3) is 11.3 Å². The first-order valence-electron chi connectivity index (χ1n) is 8.32. The van der Waals surface area contributed by atoms with E-state index in [0.29, 0.717) is 12.3 Å². The summed E-state index contributed by atoms with van der Waals surface area (Å²) in [5, 5.41) is 12.6. The first kappa shape index (κ1) is 17.7. The number of nitrogens with zero attached hydrogens (tertiary/aromatic N) is 1. The number of H-pyrrole nitrogens is 1. The summed E-state index contributed by atoms with van der Waals surface area (Å²) in [6.07, 6.45) is 1.82. The third kappa shape index (κ3) is 3.92. The summed E-state index contributed by atoms with van der Waals surface area (Å²) in [6.45, 7) is 2.53. The highest BCUT2D eigenvalue weighted by Crippen LogP contribution is 2.21. The smallest absolute Gasteiger partial charge is 0.339 e. The molecule has 0 saturated carbocycles. The van der Waals surface area contributed by atoms with Crippen LogP contribution >= 0.6 is 0 Å². The monoisotopic (exact) mass is 351 g/mol. The van der Waals surface area contributed by atoms with Crippen molar-refractivity contribution in [2.24, 2.45) is 0 Å². The Bertz CT molecular complexity index is 890. The fourth-order valence-corrected chi connectivity index (χ4v) is 2.72. The third-order valence-corrected chi connectivity index (χ3v) is 4.20. The molecule has 1 atom stereocenters. The van der Waals surface area contributed by atoms with Gasteiger partial charge >= 0.3 is 5.97 Å². The molecular weight excluding hydrogens is 330 g/mol. The van der Waals surface area contributed by atoms with Gasteiger partial charge in [0.1, 0.15) is 17.1 Å². The summed E-state index contributed by atoms with van der Waals surface area (Å²) in [5.41, 5.74) is 3.07. The normalized spacial score (nSPS) is 11.9. The van der Waals surface area contributed by atoms with Gasteiger partial charge in [0.2, 0.25) is 0 Å². The fraction of sp³-hybridized carbons (Fsp3) is 0.200. The zero-order valence-corrected chi connectivity index (χ0v) is 14.7. The highest BCUT2D eigenvalue weighted by atomic mass is 16.5. The summed E-state index contributed by atoms with van der Waals surface area (Å²) in [5.74, 6) is 0.180. The summed E-state index contributed by atoms with van der Waals surface area (Å²) in [7, 11) is 1.46. The molecule has 0 aliphatic rings. The highest BCUT2D eigenvalue weighted by Gasteiger charge is 2.13. The van der Waals surface area contributed by atoms with Crippen LogP contribution in [0.2, 0.25) is 0 Å². The van der Waals surface area contributed by atoms with Gasteiger partial charge in [0.25, 0.3) is 0 Å². The fourth-order valence-electron chi connectivity index (χ4n) is 2.72. The van der Waals surface area contributed by atoms with Gasteiger partial charge < -0.3 is 20.1 Å². The van der Waals surface area contributed by atoms with Crippen LogP contribution in [0.3, 0.4) is 0 Å². The van der Waals surface area contributed by atoms with Crippen LogP contribution in [-0.4, -0.2) is 28.2 Å². The van der Waals surface area contributed by atoms with Crippen molar-refractivity contribution in [1.29, 1.82) is 0 Å². The average molecular weight is 351 g/mol. The van der Waals surface area contributed by atoms with E-state index >= 15 is 0 Å². The molecule has 26 heavy (non-hydrogen) atoms. The van der Waals surface area contributed by atoms with E-state index in [4.69, 9.17) is 4.74 Å². The molecule has 0 bridgehead atoms. The minimum absolute atomic E-state index is 0.0113. The Hall–Kier alpha value is -3.12. The second kappa shape index (κ2) is 7.84. The highest BCUT2D eigenvalue weighted by molar-refractivity contribution is 5.91. The molecule has 0 aliphatic carbocycles. The zero-order chi connectivity index (χ0) is 18.5. The van der Waals surface area contributed by atoms with E-state index < -0.39 is 5.97 Å². The van der Waals surface area contributed by atoms with Crippen LogP contribution in [0, 0.1) is 0 Å². The molecule has 134 valence electrons. The van der Waals surface area contributed by atoms with Gasteiger partial charge in [-0.05, 0) is 30.2 Å². The molecule has 2 aromatic carbocycles. The second-order valence-corrected chi connectivity index (χ2v) is 5.99. The second-order valence-electron chi connectivity index (χ2n) is 5.99. The molecule has 0 radical (unpaired) electrons. The van der Waals surface area contributed by atoms with E-state index in [-0.39, 0.29) is 11.6 Å². The van der Waals surface area contributed by atoms with Gasteiger partial charge in [-0.3, -0.25) is 0 Å². The molecule has 1 aromatic heterocycles. The van der Waals surface area contributed by atoms with Gasteiger partial charge in [-0.15, -0.1) is 0 Å². The first-order chi connectivity index (χ1) is 12.6. The van der Waals surface area contributed by atoms with Crippen molar-refractivity contribution in [3.63, 3.8) is 0 Å². The molecule has 3 aromatic rings. The topological polar surface area (TPSA) is 87.2 Å². The number of aromatic amines is 1. The molecule has 3 N–H and O–H groups in total. The molecule has 1 heterocycles. The van der Waals surface area contributed by atoms with Crippen LogP contribution in [0.5, 0.6) is 5.75 Å². The first-order valence-corrected chi connectivity index (χ1v) is 8.32. The zero-order valence-electron chi connectivity index (χ0n) is 14.7. The number of hydrogen-bond acceptors (Lipinski definition) is 4. The number of rotatable bonds is 7. The molecule has 0 spiro atoms. The third-order valence-electron chi connectivity index (χ3n) is 4.20. The van der Waals surface area contributed by atoms with Gasteiger partial charge in [-0.25, -0.2) is 9.78 Å². The van der Waals surface area contributed by atoms with Gasteiger partial charge in [0.05, 0.1) is 25.0 Å². The minimum Gasteiger partial charge on any atom is -0.496 e. The van der Waals surface area contributed by atoms with Crippen molar-refractivity contribution in [2.45, 2.75) is 19.5 Å². The lowest BCUT2D eigenvalue weighted by atomic mass is 10.1. The van der Waals surface area contributed by atoms with Crippen molar-refractivity contribution in [3.8, 4) is 17.0 Å². The Morgan fingerprint density at radius 2 is 2.04 bits per heavy atom. The molecule has 1 unspecified atom stereocenters. The molecule has 3 rings (SSSR count). The van der Waals surface area contributed by atoms with Crippen molar-refractivity contribution < 1.29 is 14.6 Å². The molecule has 0 amide bonds. The van der Waals surface area contributed by atoms with Crippen LogP contribution in [-0.2, 0) is 6.54 Å². The number of aromatic carboxylic acids is 1.